The van der Waals surface area contributed by atoms with Crippen LogP contribution in [0.4, 0.5) is 0 Å². The van der Waals surface area contributed by atoms with Crippen molar-refractivity contribution in [2.75, 3.05) is 33.4 Å². The minimum absolute atomic E-state index is 0.0246. The van der Waals surface area contributed by atoms with E-state index < -0.39 is 0 Å². The number of halogens is 1. The van der Waals surface area contributed by atoms with Crippen molar-refractivity contribution < 1.29 is 9.84 Å². The molecule has 1 saturated heterocycles. The van der Waals surface area contributed by atoms with Crippen molar-refractivity contribution in [3.63, 3.8) is 0 Å². The minimum Gasteiger partial charge on any atom is -0.396 e. The van der Waals surface area contributed by atoms with Crippen LogP contribution in [0.15, 0.2) is 15.9 Å². The number of hydrogen-bond donors (Lipinski definition) is 1. The van der Waals surface area contributed by atoms with E-state index in [0.29, 0.717) is 13.2 Å². The summed E-state index contributed by atoms with van der Waals surface area (Å²) in [5, 5.41) is 11.4. The fraction of sp³-hybridized carbons (Fsp3) is 0.636. The maximum Gasteiger partial charge on any atom is 0.0579 e. The molecule has 1 aliphatic heterocycles. The summed E-state index contributed by atoms with van der Waals surface area (Å²) < 4.78 is 6.34. The molecule has 1 aliphatic rings. The molecule has 1 aromatic rings. The molecule has 90 valence electrons. The van der Waals surface area contributed by atoms with Crippen LogP contribution in [0.1, 0.15) is 4.88 Å². The molecule has 0 bridgehead atoms. The van der Waals surface area contributed by atoms with E-state index in [-0.39, 0.29) is 12.0 Å². The van der Waals surface area contributed by atoms with Gasteiger partial charge >= 0.3 is 0 Å². The molecule has 0 saturated carbocycles. The third-order valence-electron chi connectivity index (χ3n) is 2.80. The zero-order chi connectivity index (χ0) is 11.6. The average Bonchev–Trinajstić information content (AvgIpc) is 2.57. The normalized spacial score (nSPS) is 18.8. The summed E-state index contributed by atoms with van der Waals surface area (Å²) in [5.41, 5.74) is -0.0246. The van der Waals surface area contributed by atoms with Gasteiger partial charge in [0.2, 0.25) is 0 Å². The van der Waals surface area contributed by atoms with Gasteiger partial charge in [-0.2, -0.15) is 0 Å². The van der Waals surface area contributed by atoms with Crippen LogP contribution in [0, 0.1) is 5.41 Å². The topological polar surface area (TPSA) is 32.7 Å². The molecule has 0 amide bonds. The van der Waals surface area contributed by atoms with E-state index in [1.54, 1.807) is 11.3 Å². The van der Waals surface area contributed by atoms with Gasteiger partial charge in [0.05, 0.1) is 25.2 Å². The van der Waals surface area contributed by atoms with Gasteiger partial charge in [0.15, 0.2) is 0 Å². The van der Waals surface area contributed by atoms with E-state index in [9.17, 15) is 5.11 Å². The van der Waals surface area contributed by atoms with Crippen LogP contribution >= 0.6 is 27.3 Å². The molecule has 1 fully saturated rings. The number of nitrogens with zero attached hydrogens (tertiary/aromatic N) is 1. The molecule has 0 aliphatic carbocycles. The molecule has 5 heteroatoms. The van der Waals surface area contributed by atoms with Crippen LogP contribution in [0.2, 0.25) is 0 Å². The molecule has 16 heavy (non-hydrogen) atoms. The first-order valence-electron chi connectivity index (χ1n) is 5.24. The second-order valence-corrected chi connectivity index (χ2v) is 6.47. The molecule has 0 unspecified atom stereocenters. The zero-order valence-corrected chi connectivity index (χ0v) is 11.7. The Balaban J connectivity index is 1.86. The van der Waals surface area contributed by atoms with Crippen molar-refractivity contribution >= 4 is 27.3 Å². The lowest BCUT2D eigenvalue weighted by molar-refractivity contribution is -0.146. The first kappa shape index (κ1) is 12.5. The Bertz CT molecular complexity index is 346. The Morgan fingerprint density at radius 2 is 2.38 bits per heavy atom. The first-order valence-corrected chi connectivity index (χ1v) is 6.91. The lowest BCUT2D eigenvalue weighted by Gasteiger charge is -2.42. The highest BCUT2D eigenvalue weighted by Crippen LogP contribution is 2.28. The molecule has 2 heterocycles. The van der Waals surface area contributed by atoms with Gasteiger partial charge in [0.25, 0.3) is 0 Å². The summed E-state index contributed by atoms with van der Waals surface area (Å²) in [7, 11) is 2.09. The van der Waals surface area contributed by atoms with E-state index in [1.807, 2.05) is 0 Å². The second kappa shape index (κ2) is 5.14. The third-order valence-corrected chi connectivity index (χ3v) is 4.49. The molecule has 0 atom stereocenters. The maximum absolute atomic E-state index is 9.34. The summed E-state index contributed by atoms with van der Waals surface area (Å²) in [6.45, 7) is 3.40. The van der Waals surface area contributed by atoms with Crippen LogP contribution in [0.25, 0.3) is 0 Å². The minimum atomic E-state index is -0.0246. The Kier molecular flexibility index (Phi) is 4.02. The van der Waals surface area contributed by atoms with Crippen molar-refractivity contribution in [3.05, 3.63) is 20.8 Å². The summed E-state index contributed by atoms with van der Waals surface area (Å²) in [6, 6.07) is 2.14. The van der Waals surface area contributed by atoms with E-state index in [1.165, 1.54) is 4.88 Å². The van der Waals surface area contributed by atoms with E-state index in [0.717, 1.165) is 17.6 Å². The maximum atomic E-state index is 9.34. The van der Waals surface area contributed by atoms with Crippen LogP contribution < -0.4 is 0 Å². The SMILES string of the molecule is CN(Cc1cc(Br)cs1)CC1(CO)COC1. The summed E-state index contributed by atoms with van der Waals surface area (Å²) in [6.07, 6.45) is 0. The lowest BCUT2D eigenvalue weighted by atomic mass is 9.86. The van der Waals surface area contributed by atoms with Crippen molar-refractivity contribution in [2.45, 2.75) is 6.54 Å². The number of ether oxygens (including phenoxy) is 1. The van der Waals surface area contributed by atoms with Gasteiger partial charge in [-0.1, -0.05) is 0 Å². The van der Waals surface area contributed by atoms with Crippen molar-refractivity contribution in [3.8, 4) is 0 Å². The summed E-state index contributed by atoms with van der Waals surface area (Å²) in [5.74, 6) is 0. The number of hydrogen-bond acceptors (Lipinski definition) is 4. The van der Waals surface area contributed by atoms with Crippen LogP contribution in [-0.4, -0.2) is 43.4 Å². The van der Waals surface area contributed by atoms with Crippen LogP contribution in [0.3, 0.4) is 0 Å². The van der Waals surface area contributed by atoms with E-state index in [2.05, 4.69) is 39.3 Å². The van der Waals surface area contributed by atoms with Gasteiger partial charge in [-0.15, -0.1) is 11.3 Å². The predicted molar refractivity (Wildman–Crippen MR) is 68.7 cm³/mol. The molecule has 2 rings (SSSR count). The Morgan fingerprint density at radius 1 is 1.62 bits per heavy atom. The van der Waals surface area contributed by atoms with Gasteiger partial charge in [-0.3, -0.25) is 0 Å². The van der Waals surface area contributed by atoms with Crippen LogP contribution in [0.5, 0.6) is 0 Å². The molecule has 1 N–H and O–H groups in total. The average molecular weight is 306 g/mol. The third kappa shape index (κ3) is 2.84. The molecule has 1 aromatic heterocycles. The summed E-state index contributed by atoms with van der Waals surface area (Å²) in [4.78, 5) is 3.58. The molecular weight excluding hydrogens is 290 g/mol. The molecule has 0 aromatic carbocycles. The number of aliphatic hydroxyl groups excluding tert-OH is 1. The highest BCUT2D eigenvalue weighted by molar-refractivity contribution is 9.10. The predicted octanol–water partition coefficient (Wildman–Crippen LogP) is 1.95. The second-order valence-electron chi connectivity index (χ2n) is 4.55. The standard InChI is InChI=1S/C11H16BrNO2S/c1-13(3-10-2-9(12)4-16-10)5-11(6-14)7-15-8-11/h2,4,14H,3,5-8H2,1H3. The molecule has 0 spiro atoms. The van der Waals surface area contributed by atoms with E-state index >= 15 is 0 Å². The van der Waals surface area contributed by atoms with Crippen molar-refractivity contribution in [1.29, 1.82) is 0 Å². The van der Waals surface area contributed by atoms with Crippen molar-refractivity contribution in [2.24, 2.45) is 5.41 Å². The van der Waals surface area contributed by atoms with Gasteiger partial charge < -0.3 is 14.7 Å². The highest BCUT2D eigenvalue weighted by atomic mass is 79.9. The smallest absolute Gasteiger partial charge is 0.0579 e. The monoisotopic (exact) mass is 305 g/mol. The first-order chi connectivity index (χ1) is 7.63. The zero-order valence-electron chi connectivity index (χ0n) is 9.28. The number of aliphatic hydroxyl groups is 1. The lowest BCUT2D eigenvalue weighted by Crippen LogP contribution is -2.52. The molecular formula is C11H16BrNO2S. The number of thiophene rings is 1. The van der Waals surface area contributed by atoms with Gasteiger partial charge in [-0.25, -0.2) is 0 Å². The largest absolute Gasteiger partial charge is 0.396 e. The number of rotatable bonds is 5. The van der Waals surface area contributed by atoms with Crippen LogP contribution in [-0.2, 0) is 11.3 Å². The van der Waals surface area contributed by atoms with Gasteiger partial charge in [0.1, 0.15) is 0 Å². The molecule has 0 radical (unpaired) electrons. The Hall–Kier alpha value is 0.0600. The quantitative estimate of drug-likeness (QED) is 0.902. The Labute approximate surface area is 108 Å². The van der Waals surface area contributed by atoms with Gasteiger partial charge in [-0.05, 0) is 29.0 Å². The summed E-state index contributed by atoms with van der Waals surface area (Å²) >= 11 is 5.21. The molecule has 3 nitrogen and oxygen atoms in total. The Morgan fingerprint density at radius 3 is 2.81 bits per heavy atom. The fourth-order valence-corrected chi connectivity index (χ4v) is 3.48. The van der Waals surface area contributed by atoms with Crippen molar-refractivity contribution in [1.82, 2.24) is 4.90 Å². The van der Waals surface area contributed by atoms with Gasteiger partial charge in [0, 0.05) is 27.8 Å². The highest BCUT2D eigenvalue weighted by Gasteiger charge is 2.38. The fourth-order valence-electron chi connectivity index (χ4n) is 1.95. The van der Waals surface area contributed by atoms with E-state index in [4.69, 9.17) is 4.74 Å².